The summed E-state index contributed by atoms with van der Waals surface area (Å²) in [6, 6.07) is 0.00921. The third kappa shape index (κ3) is 2.48. The third-order valence-corrected chi connectivity index (χ3v) is 1.96. The van der Waals surface area contributed by atoms with Gasteiger partial charge in [-0.05, 0) is 20.4 Å². The van der Waals surface area contributed by atoms with Crippen LogP contribution in [0.4, 0.5) is 0 Å². The first kappa shape index (κ1) is 9.63. The Kier molecular flexibility index (Phi) is 4.28. The lowest BCUT2D eigenvalue weighted by atomic mass is 9.99. The van der Waals surface area contributed by atoms with Gasteiger partial charge in [-0.2, -0.15) is 0 Å². The molecule has 0 aliphatic carbocycles. The molecule has 0 heterocycles. The summed E-state index contributed by atoms with van der Waals surface area (Å²) < 4.78 is 0. The molecular formula is C8H17NO. The van der Waals surface area contributed by atoms with Gasteiger partial charge in [0, 0.05) is 5.92 Å². The lowest BCUT2D eigenvalue weighted by Crippen LogP contribution is -2.34. The van der Waals surface area contributed by atoms with Crippen molar-refractivity contribution < 1.29 is 4.79 Å². The van der Waals surface area contributed by atoms with Crippen LogP contribution >= 0.6 is 0 Å². The Bertz CT molecular complexity index is 99.8. The van der Waals surface area contributed by atoms with Crippen LogP contribution in [0.25, 0.3) is 0 Å². The Morgan fingerprint density at radius 2 is 2.00 bits per heavy atom. The van der Waals surface area contributed by atoms with E-state index in [4.69, 9.17) is 0 Å². The zero-order valence-electron chi connectivity index (χ0n) is 7.27. The fraction of sp³-hybridized carbons (Fsp3) is 0.875. The SMILES string of the molecule is CCC(C)C(=O)[C@@H](C)NC. The molecule has 2 nitrogen and oxygen atoms in total. The monoisotopic (exact) mass is 143 g/mol. The lowest BCUT2D eigenvalue weighted by molar-refractivity contribution is -0.124. The highest BCUT2D eigenvalue weighted by atomic mass is 16.1. The average Bonchev–Trinajstić information content (AvgIpc) is 2.00. The third-order valence-electron chi connectivity index (χ3n) is 1.96. The molecule has 0 aromatic carbocycles. The maximum atomic E-state index is 11.2. The molecule has 2 heteroatoms. The van der Waals surface area contributed by atoms with Crippen LogP contribution in [0.5, 0.6) is 0 Å². The summed E-state index contributed by atoms with van der Waals surface area (Å²) >= 11 is 0. The number of carbonyl (C=O) groups excluding carboxylic acids is 1. The molecule has 2 atom stereocenters. The first-order chi connectivity index (χ1) is 4.63. The number of ketones is 1. The Morgan fingerprint density at radius 1 is 1.50 bits per heavy atom. The molecule has 0 bridgehead atoms. The van der Waals surface area contributed by atoms with E-state index in [1.165, 1.54) is 0 Å². The number of rotatable bonds is 4. The van der Waals surface area contributed by atoms with Gasteiger partial charge in [-0.25, -0.2) is 0 Å². The molecule has 0 radical (unpaired) electrons. The van der Waals surface area contributed by atoms with E-state index in [0.29, 0.717) is 5.78 Å². The van der Waals surface area contributed by atoms with Crippen LogP contribution in [0.15, 0.2) is 0 Å². The van der Waals surface area contributed by atoms with Gasteiger partial charge in [0.15, 0.2) is 5.78 Å². The molecule has 0 spiro atoms. The first-order valence-corrected chi connectivity index (χ1v) is 3.84. The minimum atomic E-state index is 0.00921. The fourth-order valence-electron chi connectivity index (χ4n) is 0.770. The Balaban J connectivity index is 3.82. The molecule has 0 aliphatic rings. The molecule has 0 aliphatic heterocycles. The van der Waals surface area contributed by atoms with Gasteiger partial charge < -0.3 is 5.32 Å². The van der Waals surface area contributed by atoms with E-state index in [0.717, 1.165) is 6.42 Å². The molecule has 0 saturated carbocycles. The summed E-state index contributed by atoms with van der Waals surface area (Å²) in [4.78, 5) is 11.2. The van der Waals surface area contributed by atoms with Gasteiger partial charge in [-0.15, -0.1) is 0 Å². The predicted octanol–water partition coefficient (Wildman–Crippen LogP) is 1.21. The van der Waals surface area contributed by atoms with E-state index in [2.05, 4.69) is 5.32 Å². The minimum Gasteiger partial charge on any atom is -0.311 e. The van der Waals surface area contributed by atoms with Crippen LogP contribution in [0.2, 0.25) is 0 Å². The van der Waals surface area contributed by atoms with Crippen LogP contribution in [0.3, 0.4) is 0 Å². The predicted molar refractivity (Wildman–Crippen MR) is 43.0 cm³/mol. The van der Waals surface area contributed by atoms with E-state index in [-0.39, 0.29) is 12.0 Å². The normalized spacial score (nSPS) is 16.4. The first-order valence-electron chi connectivity index (χ1n) is 3.84. The smallest absolute Gasteiger partial charge is 0.152 e. The van der Waals surface area contributed by atoms with Crippen molar-refractivity contribution >= 4 is 5.78 Å². The van der Waals surface area contributed by atoms with Crippen molar-refractivity contribution in [1.82, 2.24) is 5.32 Å². The maximum absolute atomic E-state index is 11.2. The zero-order chi connectivity index (χ0) is 8.15. The topological polar surface area (TPSA) is 29.1 Å². The molecule has 1 unspecified atom stereocenters. The van der Waals surface area contributed by atoms with Gasteiger partial charge in [0.1, 0.15) is 0 Å². The van der Waals surface area contributed by atoms with Gasteiger partial charge in [0.05, 0.1) is 6.04 Å². The maximum Gasteiger partial charge on any atom is 0.152 e. The van der Waals surface area contributed by atoms with Crippen LogP contribution in [0.1, 0.15) is 27.2 Å². The molecule has 1 N–H and O–H groups in total. The molecular weight excluding hydrogens is 126 g/mol. The number of likely N-dealkylation sites (N-methyl/N-ethyl adjacent to an activating group) is 1. The zero-order valence-corrected chi connectivity index (χ0v) is 7.27. The quantitative estimate of drug-likeness (QED) is 0.641. The van der Waals surface area contributed by atoms with Gasteiger partial charge in [-0.3, -0.25) is 4.79 Å². The summed E-state index contributed by atoms with van der Waals surface area (Å²) in [5.74, 6) is 0.507. The number of carbonyl (C=O) groups is 1. The van der Waals surface area contributed by atoms with E-state index in [1.54, 1.807) is 0 Å². The van der Waals surface area contributed by atoms with Crippen molar-refractivity contribution in [2.45, 2.75) is 33.2 Å². The van der Waals surface area contributed by atoms with E-state index in [9.17, 15) is 4.79 Å². The number of hydrogen-bond donors (Lipinski definition) is 1. The largest absolute Gasteiger partial charge is 0.311 e. The van der Waals surface area contributed by atoms with Crippen molar-refractivity contribution in [2.24, 2.45) is 5.92 Å². The van der Waals surface area contributed by atoms with Crippen LogP contribution in [-0.4, -0.2) is 18.9 Å². The molecule has 0 fully saturated rings. The highest BCUT2D eigenvalue weighted by Crippen LogP contribution is 2.04. The Morgan fingerprint density at radius 3 is 2.30 bits per heavy atom. The van der Waals surface area contributed by atoms with Crippen molar-refractivity contribution in [3.8, 4) is 0 Å². The van der Waals surface area contributed by atoms with Crippen LogP contribution in [-0.2, 0) is 4.79 Å². The minimum absolute atomic E-state index is 0.00921. The summed E-state index contributed by atoms with van der Waals surface area (Å²) in [6.07, 6.45) is 0.935. The number of nitrogens with one attached hydrogen (secondary N) is 1. The van der Waals surface area contributed by atoms with E-state index < -0.39 is 0 Å². The summed E-state index contributed by atoms with van der Waals surface area (Å²) in [5.41, 5.74) is 0. The van der Waals surface area contributed by atoms with Crippen molar-refractivity contribution in [1.29, 1.82) is 0 Å². The fourth-order valence-corrected chi connectivity index (χ4v) is 0.770. The van der Waals surface area contributed by atoms with Crippen molar-refractivity contribution in [3.05, 3.63) is 0 Å². The van der Waals surface area contributed by atoms with Crippen molar-refractivity contribution in [2.75, 3.05) is 7.05 Å². The molecule has 60 valence electrons. The summed E-state index contributed by atoms with van der Waals surface area (Å²) in [5, 5.41) is 2.93. The van der Waals surface area contributed by atoms with Crippen LogP contribution < -0.4 is 5.32 Å². The highest BCUT2D eigenvalue weighted by Gasteiger charge is 2.15. The molecule has 0 aromatic rings. The molecule has 10 heavy (non-hydrogen) atoms. The number of Topliss-reactive ketones (excluding diaryl/α,β-unsaturated/α-hetero) is 1. The van der Waals surface area contributed by atoms with Gasteiger partial charge in [0.2, 0.25) is 0 Å². The Labute approximate surface area is 63.0 Å². The molecule has 0 amide bonds. The van der Waals surface area contributed by atoms with Crippen LogP contribution in [0, 0.1) is 5.92 Å². The Hall–Kier alpha value is -0.370. The van der Waals surface area contributed by atoms with E-state index in [1.807, 2.05) is 27.8 Å². The molecule has 0 aromatic heterocycles. The highest BCUT2D eigenvalue weighted by molar-refractivity contribution is 5.85. The lowest BCUT2D eigenvalue weighted by Gasteiger charge is -2.13. The average molecular weight is 143 g/mol. The second-order valence-corrected chi connectivity index (χ2v) is 2.72. The molecule has 0 rings (SSSR count). The summed E-state index contributed by atoms with van der Waals surface area (Å²) in [7, 11) is 1.81. The van der Waals surface area contributed by atoms with Gasteiger partial charge in [-0.1, -0.05) is 13.8 Å². The number of hydrogen-bond acceptors (Lipinski definition) is 2. The standard InChI is InChI=1S/C8H17NO/c1-5-6(2)8(10)7(3)9-4/h6-7,9H,5H2,1-4H3/t6?,7-/m1/s1. The van der Waals surface area contributed by atoms with Crippen molar-refractivity contribution in [3.63, 3.8) is 0 Å². The van der Waals surface area contributed by atoms with Gasteiger partial charge >= 0.3 is 0 Å². The second-order valence-electron chi connectivity index (χ2n) is 2.72. The van der Waals surface area contributed by atoms with E-state index >= 15 is 0 Å². The van der Waals surface area contributed by atoms with Gasteiger partial charge in [0.25, 0.3) is 0 Å². The second kappa shape index (κ2) is 4.45. The molecule has 0 saturated heterocycles. The summed E-state index contributed by atoms with van der Waals surface area (Å²) in [6.45, 7) is 5.90.